The van der Waals surface area contributed by atoms with Gasteiger partial charge in [0.25, 0.3) is 0 Å². The number of aromatic nitrogens is 5. The molecular formula is C12H13N5OS. The van der Waals surface area contributed by atoms with Crippen LogP contribution in [-0.2, 0) is 13.6 Å². The number of hydrogen-bond acceptors (Lipinski definition) is 4. The third kappa shape index (κ3) is 2.12. The van der Waals surface area contributed by atoms with Crippen LogP contribution < -0.4 is 4.74 Å². The average Bonchev–Trinajstić information content (AvgIpc) is 2.94. The molecule has 2 heterocycles. The van der Waals surface area contributed by atoms with Crippen molar-refractivity contribution < 1.29 is 4.74 Å². The maximum absolute atomic E-state index is 5.34. The molecule has 0 spiro atoms. The normalized spacial score (nSPS) is 11.1. The van der Waals surface area contributed by atoms with Gasteiger partial charge in [0.15, 0.2) is 10.6 Å². The minimum absolute atomic E-state index is 0.548. The molecular weight excluding hydrogens is 262 g/mol. The zero-order valence-electron chi connectivity index (χ0n) is 10.6. The monoisotopic (exact) mass is 275 g/mol. The summed E-state index contributed by atoms with van der Waals surface area (Å²) in [5.74, 6) is 1.53. The molecule has 7 heteroatoms. The van der Waals surface area contributed by atoms with Crippen LogP contribution in [0.2, 0.25) is 0 Å². The fourth-order valence-corrected chi connectivity index (χ4v) is 2.30. The summed E-state index contributed by atoms with van der Waals surface area (Å²) in [6.45, 7) is 0.548. The predicted octanol–water partition coefficient (Wildman–Crippen LogP) is 1.88. The van der Waals surface area contributed by atoms with E-state index < -0.39 is 0 Å². The molecule has 0 radical (unpaired) electrons. The van der Waals surface area contributed by atoms with Crippen molar-refractivity contribution in [2.45, 2.75) is 6.54 Å². The molecule has 1 N–H and O–H groups in total. The molecule has 0 amide bonds. The number of aromatic amines is 1. The molecule has 0 aliphatic carbocycles. The summed E-state index contributed by atoms with van der Waals surface area (Å²) in [5, 5.41) is 4.27. The highest BCUT2D eigenvalue weighted by Gasteiger charge is 2.08. The molecule has 0 aliphatic rings. The molecule has 0 fully saturated rings. The maximum atomic E-state index is 5.34. The Morgan fingerprint density at radius 2 is 2.26 bits per heavy atom. The zero-order valence-corrected chi connectivity index (χ0v) is 11.4. The van der Waals surface area contributed by atoms with E-state index in [1.165, 1.54) is 0 Å². The van der Waals surface area contributed by atoms with Crippen LogP contribution in [-0.4, -0.2) is 31.4 Å². The van der Waals surface area contributed by atoms with Gasteiger partial charge in [-0.15, -0.1) is 0 Å². The number of methoxy groups -OCH3 is 1. The molecule has 6 nitrogen and oxygen atoms in total. The van der Waals surface area contributed by atoms with Gasteiger partial charge in [0.05, 0.1) is 24.7 Å². The van der Waals surface area contributed by atoms with Crippen LogP contribution in [0.1, 0.15) is 5.82 Å². The van der Waals surface area contributed by atoms with Crippen molar-refractivity contribution in [1.29, 1.82) is 0 Å². The predicted molar refractivity (Wildman–Crippen MR) is 73.8 cm³/mol. The molecule has 1 aromatic carbocycles. The van der Waals surface area contributed by atoms with Crippen LogP contribution in [0.15, 0.2) is 24.5 Å². The van der Waals surface area contributed by atoms with Crippen molar-refractivity contribution >= 4 is 23.3 Å². The minimum atomic E-state index is 0.548. The van der Waals surface area contributed by atoms with Crippen LogP contribution >= 0.6 is 12.2 Å². The van der Waals surface area contributed by atoms with Gasteiger partial charge >= 0.3 is 0 Å². The van der Waals surface area contributed by atoms with E-state index in [1.807, 2.05) is 29.8 Å². The summed E-state index contributed by atoms with van der Waals surface area (Å²) >= 11 is 5.34. The SMILES string of the molecule is COc1ccc2c(c1)[nH]c(=S)n2Cc1ncn(C)n1. The van der Waals surface area contributed by atoms with E-state index in [9.17, 15) is 0 Å². The smallest absolute Gasteiger partial charge is 0.178 e. The summed E-state index contributed by atoms with van der Waals surface area (Å²) in [4.78, 5) is 7.38. The van der Waals surface area contributed by atoms with E-state index in [0.717, 1.165) is 22.6 Å². The van der Waals surface area contributed by atoms with Crippen LogP contribution in [0.3, 0.4) is 0 Å². The van der Waals surface area contributed by atoms with Crippen LogP contribution in [0.25, 0.3) is 11.0 Å². The molecule has 0 saturated carbocycles. The van der Waals surface area contributed by atoms with Crippen molar-refractivity contribution in [3.05, 3.63) is 35.1 Å². The number of imidazole rings is 1. The largest absolute Gasteiger partial charge is 0.497 e. The van der Waals surface area contributed by atoms with E-state index in [1.54, 1.807) is 18.1 Å². The number of ether oxygens (including phenoxy) is 1. The Morgan fingerprint density at radius 1 is 1.42 bits per heavy atom. The molecule has 19 heavy (non-hydrogen) atoms. The van der Waals surface area contributed by atoms with Gasteiger partial charge in [0.2, 0.25) is 0 Å². The van der Waals surface area contributed by atoms with E-state index in [0.29, 0.717) is 11.3 Å². The molecule has 0 saturated heterocycles. The standard InChI is InChI=1S/C12H13N5OS/c1-16-7-13-11(15-16)6-17-10-4-3-8(18-2)5-9(10)14-12(17)19/h3-5,7H,6H2,1-2H3,(H,14,19). The first kappa shape index (κ1) is 11.9. The third-order valence-electron chi connectivity index (χ3n) is 2.93. The second kappa shape index (κ2) is 4.51. The highest BCUT2D eigenvalue weighted by atomic mass is 32.1. The molecule has 3 rings (SSSR count). The Hall–Kier alpha value is -2.15. The number of nitrogens with zero attached hydrogens (tertiary/aromatic N) is 4. The molecule has 0 bridgehead atoms. The molecule has 98 valence electrons. The number of H-pyrrole nitrogens is 1. The lowest BCUT2D eigenvalue weighted by Gasteiger charge is -2.02. The lowest BCUT2D eigenvalue weighted by molar-refractivity contribution is 0.415. The van der Waals surface area contributed by atoms with E-state index in [-0.39, 0.29) is 0 Å². The van der Waals surface area contributed by atoms with Crippen molar-refractivity contribution in [2.24, 2.45) is 7.05 Å². The van der Waals surface area contributed by atoms with Gasteiger partial charge in [-0.05, 0) is 24.4 Å². The number of rotatable bonds is 3. The Bertz CT molecular complexity index is 785. The fourth-order valence-electron chi connectivity index (χ4n) is 2.02. The molecule has 0 unspecified atom stereocenters. The number of fused-ring (bicyclic) bond motifs is 1. The fraction of sp³-hybridized carbons (Fsp3) is 0.250. The topological polar surface area (TPSA) is 60.7 Å². The van der Waals surface area contributed by atoms with Crippen LogP contribution in [0, 0.1) is 4.77 Å². The van der Waals surface area contributed by atoms with Crippen molar-refractivity contribution in [3.8, 4) is 5.75 Å². The number of hydrogen-bond donors (Lipinski definition) is 1. The highest BCUT2D eigenvalue weighted by molar-refractivity contribution is 7.71. The second-order valence-corrected chi connectivity index (χ2v) is 4.62. The maximum Gasteiger partial charge on any atom is 0.178 e. The Balaban J connectivity index is 2.08. The van der Waals surface area contributed by atoms with E-state index in [4.69, 9.17) is 17.0 Å². The quantitative estimate of drug-likeness (QED) is 0.741. The van der Waals surface area contributed by atoms with Crippen molar-refractivity contribution in [2.75, 3.05) is 7.11 Å². The highest BCUT2D eigenvalue weighted by Crippen LogP contribution is 2.20. The van der Waals surface area contributed by atoms with Crippen LogP contribution in [0.5, 0.6) is 5.75 Å². The zero-order chi connectivity index (χ0) is 13.4. The minimum Gasteiger partial charge on any atom is -0.497 e. The van der Waals surface area contributed by atoms with Crippen molar-refractivity contribution in [3.63, 3.8) is 0 Å². The van der Waals surface area contributed by atoms with Gasteiger partial charge < -0.3 is 14.3 Å². The first-order chi connectivity index (χ1) is 9.17. The summed E-state index contributed by atoms with van der Waals surface area (Å²) in [6.07, 6.45) is 1.68. The summed E-state index contributed by atoms with van der Waals surface area (Å²) in [6, 6.07) is 5.81. The van der Waals surface area contributed by atoms with Gasteiger partial charge in [-0.25, -0.2) is 4.98 Å². The van der Waals surface area contributed by atoms with Gasteiger partial charge in [0.1, 0.15) is 12.1 Å². The van der Waals surface area contributed by atoms with Gasteiger partial charge in [-0.2, -0.15) is 5.10 Å². The number of aryl methyl sites for hydroxylation is 1. The summed E-state index contributed by atoms with van der Waals surface area (Å²) < 4.78 is 9.50. The van der Waals surface area contributed by atoms with Gasteiger partial charge in [-0.3, -0.25) is 4.68 Å². The molecule has 0 atom stereocenters. The van der Waals surface area contributed by atoms with Crippen molar-refractivity contribution in [1.82, 2.24) is 24.3 Å². The average molecular weight is 275 g/mol. The molecule has 2 aromatic heterocycles. The number of benzene rings is 1. The third-order valence-corrected chi connectivity index (χ3v) is 3.25. The Morgan fingerprint density at radius 3 is 2.95 bits per heavy atom. The van der Waals surface area contributed by atoms with E-state index >= 15 is 0 Å². The molecule has 3 aromatic rings. The van der Waals surface area contributed by atoms with E-state index in [2.05, 4.69) is 15.1 Å². The summed E-state index contributed by atoms with van der Waals surface area (Å²) in [7, 11) is 3.49. The lowest BCUT2D eigenvalue weighted by atomic mass is 10.3. The first-order valence-electron chi connectivity index (χ1n) is 5.78. The Kier molecular flexibility index (Phi) is 2.83. The van der Waals surface area contributed by atoms with Gasteiger partial charge in [-0.1, -0.05) is 0 Å². The lowest BCUT2D eigenvalue weighted by Crippen LogP contribution is -2.02. The number of nitrogens with one attached hydrogen (secondary N) is 1. The van der Waals surface area contributed by atoms with Crippen LogP contribution in [0.4, 0.5) is 0 Å². The Labute approximate surface area is 114 Å². The first-order valence-corrected chi connectivity index (χ1v) is 6.19. The van der Waals surface area contributed by atoms with Gasteiger partial charge in [0, 0.05) is 13.1 Å². The second-order valence-electron chi connectivity index (χ2n) is 4.23. The summed E-state index contributed by atoms with van der Waals surface area (Å²) in [5.41, 5.74) is 1.96. The molecule has 0 aliphatic heterocycles.